The van der Waals surface area contributed by atoms with Crippen LogP contribution in [0.2, 0.25) is 0 Å². The fourth-order valence-electron chi connectivity index (χ4n) is 1.93. The molecule has 0 aliphatic carbocycles. The molecule has 1 aromatic carbocycles. The predicted octanol–water partition coefficient (Wildman–Crippen LogP) is 3.03. The van der Waals surface area contributed by atoms with Crippen molar-refractivity contribution in [2.75, 3.05) is 13.2 Å². The lowest BCUT2D eigenvalue weighted by molar-refractivity contribution is 0.0955. The maximum atomic E-state index is 11.9. The van der Waals surface area contributed by atoms with Crippen LogP contribution in [0.1, 0.15) is 36.2 Å². The van der Waals surface area contributed by atoms with Crippen molar-refractivity contribution < 1.29 is 14.3 Å². The molecule has 0 aliphatic rings. The molecule has 0 spiro atoms. The summed E-state index contributed by atoms with van der Waals surface area (Å²) in [6.45, 7) is 5.14. The van der Waals surface area contributed by atoms with Gasteiger partial charge in [-0.05, 0) is 49.2 Å². The van der Waals surface area contributed by atoms with Crippen molar-refractivity contribution in [2.24, 2.45) is 5.10 Å². The molecule has 0 atom stereocenters. The highest BCUT2D eigenvalue weighted by molar-refractivity contribution is 5.94. The van der Waals surface area contributed by atoms with Crippen LogP contribution in [0.3, 0.4) is 0 Å². The lowest BCUT2D eigenvalue weighted by Crippen LogP contribution is -2.17. The van der Waals surface area contributed by atoms with Crippen molar-refractivity contribution in [3.63, 3.8) is 0 Å². The van der Waals surface area contributed by atoms with Gasteiger partial charge in [-0.2, -0.15) is 5.10 Å². The number of hydrazone groups is 1. The van der Waals surface area contributed by atoms with Crippen LogP contribution in [0.5, 0.6) is 11.5 Å². The number of pyridine rings is 1. The van der Waals surface area contributed by atoms with Gasteiger partial charge in [-0.3, -0.25) is 9.78 Å². The Morgan fingerprint density at radius 3 is 2.83 bits per heavy atom. The molecular formula is C18H21N3O3. The largest absolute Gasteiger partial charge is 0.490 e. The first kappa shape index (κ1) is 17.5. The number of aromatic nitrogens is 1. The molecule has 1 N–H and O–H groups in total. The smallest absolute Gasteiger partial charge is 0.272 e. The monoisotopic (exact) mass is 327 g/mol. The fourth-order valence-corrected chi connectivity index (χ4v) is 1.93. The molecule has 24 heavy (non-hydrogen) atoms. The third kappa shape index (κ3) is 5.08. The molecular weight excluding hydrogens is 306 g/mol. The zero-order valence-corrected chi connectivity index (χ0v) is 13.9. The maximum absolute atomic E-state index is 11.9. The lowest BCUT2D eigenvalue weighted by atomic mass is 10.2. The zero-order chi connectivity index (χ0) is 17.2. The number of carbonyl (C=O) groups excluding carboxylic acids is 1. The van der Waals surface area contributed by atoms with Crippen LogP contribution in [-0.2, 0) is 0 Å². The molecule has 0 bridgehead atoms. The number of nitrogens with zero attached hydrogens (tertiary/aromatic N) is 2. The highest BCUT2D eigenvalue weighted by Gasteiger charge is 2.06. The second-order valence-electron chi connectivity index (χ2n) is 4.93. The van der Waals surface area contributed by atoms with E-state index in [1.54, 1.807) is 24.5 Å². The SMILES string of the molecule is CCCOc1ccc(/C=N\NC(=O)c2cccnc2)cc1OCC. The number of hydrogen-bond donors (Lipinski definition) is 1. The molecule has 0 fully saturated rings. The first-order valence-corrected chi connectivity index (χ1v) is 7.87. The van der Waals surface area contributed by atoms with Crippen molar-refractivity contribution in [2.45, 2.75) is 20.3 Å². The summed E-state index contributed by atoms with van der Waals surface area (Å²) in [4.78, 5) is 15.8. The summed E-state index contributed by atoms with van der Waals surface area (Å²) in [5, 5.41) is 3.96. The van der Waals surface area contributed by atoms with E-state index in [2.05, 4.69) is 15.5 Å². The summed E-state index contributed by atoms with van der Waals surface area (Å²) in [6.07, 6.45) is 5.57. The standard InChI is InChI=1S/C18H21N3O3/c1-3-10-24-16-8-7-14(11-17(16)23-4-2)12-20-21-18(22)15-6-5-9-19-13-15/h5-9,11-13H,3-4,10H2,1-2H3,(H,21,22)/b20-12-. The van der Waals surface area contributed by atoms with Crippen LogP contribution in [0.15, 0.2) is 47.8 Å². The molecule has 1 amide bonds. The van der Waals surface area contributed by atoms with E-state index in [0.29, 0.717) is 30.3 Å². The zero-order valence-electron chi connectivity index (χ0n) is 13.9. The molecule has 0 saturated heterocycles. The van der Waals surface area contributed by atoms with E-state index in [1.807, 2.05) is 32.0 Å². The average molecular weight is 327 g/mol. The van der Waals surface area contributed by atoms with E-state index in [9.17, 15) is 4.79 Å². The van der Waals surface area contributed by atoms with Crippen molar-refractivity contribution in [3.05, 3.63) is 53.9 Å². The second kappa shape index (κ2) is 9.29. The Morgan fingerprint density at radius 2 is 2.12 bits per heavy atom. The van der Waals surface area contributed by atoms with Gasteiger partial charge in [-0.1, -0.05) is 6.92 Å². The van der Waals surface area contributed by atoms with E-state index >= 15 is 0 Å². The van der Waals surface area contributed by atoms with Crippen molar-refractivity contribution in [1.82, 2.24) is 10.4 Å². The number of amides is 1. The number of benzene rings is 1. The Morgan fingerprint density at radius 1 is 1.25 bits per heavy atom. The minimum atomic E-state index is -0.313. The van der Waals surface area contributed by atoms with Gasteiger partial charge in [0.1, 0.15) is 0 Å². The van der Waals surface area contributed by atoms with E-state index < -0.39 is 0 Å². The molecule has 1 aromatic heterocycles. The molecule has 1 heterocycles. The van der Waals surface area contributed by atoms with E-state index in [1.165, 1.54) is 6.20 Å². The minimum Gasteiger partial charge on any atom is -0.490 e. The Labute approximate surface area is 141 Å². The lowest BCUT2D eigenvalue weighted by Gasteiger charge is -2.11. The van der Waals surface area contributed by atoms with Crippen LogP contribution in [0.4, 0.5) is 0 Å². The highest BCUT2D eigenvalue weighted by atomic mass is 16.5. The van der Waals surface area contributed by atoms with Gasteiger partial charge in [0.15, 0.2) is 11.5 Å². The first-order valence-electron chi connectivity index (χ1n) is 7.87. The maximum Gasteiger partial charge on any atom is 0.272 e. The Bertz CT molecular complexity index is 687. The summed E-state index contributed by atoms with van der Waals surface area (Å²) in [6, 6.07) is 8.89. The molecule has 126 valence electrons. The molecule has 6 heteroatoms. The Kier molecular flexibility index (Phi) is 6.76. The minimum absolute atomic E-state index is 0.313. The van der Waals surface area contributed by atoms with Crippen LogP contribution >= 0.6 is 0 Å². The Balaban J connectivity index is 2.03. The van der Waals surface area contributed by atoms with Crippen molar-refractivity contribution in [1.29, 1.82) is 0 Å². The van der Waals surface area contributed by atoms with Gasteiger partial charge in [-0.25, -0.2) is 5.43 Å². The highest BCUT2D eigenvalue weighted by Crippen LogP contribution is 2.28. The average Bonchev–Trinajstić information content (AvgIpc) is 2.62. The van der Waals surface area contributed by atoms with Crippen LogP contribution in [0.25, 0.3) is 0 Å². The van der Waals surface area contributed by atoms with Crippen LogP contribution in [0, 0.1) is 0 Å². The van der Waals surface area contributed by atoms with Gasteiger partial charge < -0.3 is 9.47 Å². The third-order valence-corrected chi connectivity index (χ3v) is 3.03. The quantitative estimate of drug-likeness (QED) is 0.597. The van der Waals surface area contributed by atoms with Gasteiger partial charge in [0.25, 0.3) is 5.91 Å². The first-order chi connectivity index (χ1) is 11.7. The molecule has 2 aromatic rings. The van der Waals surface area contributed by atoms with E-state index in [-0.39, 0.29) is 5.91 Å². The summed E-state index contributed by atoms with van der Waals surface area (Å²) in [5.41, 5.74) is 3.72. The molecule has 6 nitrogen and oxygen atoms in total. The molecule has 0 unspecified atom stereocenters. The summed E-state index contributed by atoms with van der Waals surface area (Å²) >= 11 is 0. The summed E-state index contributed by atoms with van der Waals surface area (Å²) in [5.74, 6) is 1.05. The topological polar surface area (TPSA) is 72.8 Å². The second-order valence-corrected chi connectivity index (χ2v) is 4.93. The van der Waals surface area contributed by atoms with E-state index in [0.717, 1.165) is 12.0 Å². The summed E-state index contributed by atoms with van der Waals surface area (Å²) in [7, 11) is 0. The summed E-state index contributed by atoms with van der Waals surface area (Å²) < 4.78 is 11.2. The van der Waals surface area contributed by atoms with Gasteiger partial charge >= 0.3 is 0 Å². The van der Waals surface area contributed by atoms with Gasteiger partial charge in [-0.15, -0.1) is 0 Å². The van der Waals surface area contributed by atoms with Gasteiger partial charge in [0.05, 0.1) is 25.0 Å². The molecule has 0 saturated carbocycles. The molecule has 2 rings (SSSR count). The van der Waals surface area contributed by atoms with Gasteiger partial charge in [0.2, 0.25) is 0 Å². The molecule has 0 aliphatic heterocycles. The number of rotatable bonds is 8. The van der Waals surface area contributed by atoms with Gasteiger partial charge in [0, 0.05) is 12.4 Å². The molecule has 0 radical (unpaired) electrons. The number of hydrogen-bond acceptors (Lipinski definition) is 5. The Hall–Kier alpha value is -2.89. The van der Waals surface area contributed by atoms with E-state index in [4.69, 9.17) is 9.47 Å². The van der Waals surface area contributed by atoms with Crippen LogP contribution in [-0.4, -0.2) is 30.3 Å². The number of nitrogens with one attached hydrogen (secondary N) is 1. The van der Waals surface area contributed by atoms with Crippen LogP contribution < -0.4 is 14.9 Å². The number of carbonyl (C=O) groups is 1. The predicted molar refractivity (Wildman–Crippen MR) is 92.7 cm³/mol. The third-order valence-electron chi connectivity index (χ3n) is 3.03. The normalized spacial score (nSPS) is 10.6. The van der Waals surface area contributed by atoms with Crippen molar-refractivity contribution in [3.8, 4) is 11.5 Å². The fraction of sp³-hybridized carbons (Fsp3) is 0.278. The van der Waals surface area contributed by atoms with Crippen molar-refractivity contribution >= 4 is 12.1 Å². The number of ether oxygens (including phenoxy) is 2.